The van der Waals surface area contributed by atoms with Crippen molar-refractivity contribution in [1.82, 2.24) is 5.32 Å². The molecular weight excluding hydrogens is 598 g/mol. The number of ether oxygens (including phenoxy) is 2. The number of carboxylic acids is 1. The van der Waals surface area contributed by atoms with Gasteiger partial charge in [-0.1, -0.05) is 83.1 Å². The fourth-order valence-corrected chi connectivity index (χ4v) is 5.09. The standard InChI is InChI=1S/C35H56F2N2O7/c1-4-6-8-12-15-22-34(36,37)23-16-13-10-9-11-14-17-29(35(44,26-45-3)33(42)43)32(41)39-30(31(38)40)25-27-18-20-28(21-19-27)46-24-7-5-2/h14,17-21,29-30,44H,4-13,15-16,22-26H2,1-3H3,(H2,38,40)(H,39,41)(H,42,43)/t29-,30+,35+/m1/s1. The van der Waals surface area contributed by atoms with Crippen LogP contribution >= 0.6 is 0 Å². The van der Waals surface area contributed by atoms with Gasteiger partial charge < -0.3 is 30.7 Å². The van der Waals surface area contributed by atoms with Gasteiger partial charge in [-0.05, 0) is 49.8 Å². The van der Waals surface area contributed by atoms with E-state index in [4.69, 9.17) is 15.2 Å². The first kappa shape index (κ1) is 41.0. The molecule has 5 N–H and O–H groups in total. The lowest BCUT2D eigenvalue weighted by molar-refractivity contribution is -0.173. The highest BCUT2D eigenvalue weighted by molar-refractivity contribution is 5.93. The van der Waals surface area contributed by atoms with E-state index in [1.807, 2.05) is 0 Å². The monoisotopic (exact) mass is 654 g/mol. The average Bonchev–Trinajstić information content (AvgIpc) is 3.00. The van der Waals surface area contributed by atoms with E-state index in [2.05, 4.69) is 19.2 Å². The summed E-state index contributed by atoms with van der Waals surface area (Å²) < 4.78 is 38.8. The summed E-state index contributed by atoms with van der Waals surface area (Å²) in [7, 11) is 1.20. The van der Waals surface area contributed by atoms with Crippen molar-refractivity contribution in [3.63, 3.8) is 0 Å². The summed E-state index contributed by atoms with van der Waals surface area (Å²) in [4.78, 5) is 37.7. The maximum absolute atomic E-state index is 14.1. The molecule has 0 radical (unpaired) electrons. The van der Waals surface area contributed by atoms with Gasteiger partial charge in [0.05, 0.1) is 19.1 Å². The van der Waals surface area contributed by atoms with Crippen molar-refractivity contribution < 1.29 is 42.9 Å². The molecule has 0 aliphatic heterocycles. The SMILES string of the molecule is CCCCCCCC(F)(F)CCCCCCC=C[C@H](C(=O)N[C@@H](Cc1ccc(OCCCC)cc1)C(N)=O)[C@@](O)(COC)C(=O)O. The first-order chi connectivity index (χ1) is 21.9. The number of carboxylic acid groups (broad SMARTS) is 1. The molecule has 0 spiro atoms. The summed E-state index contributed by atoms with van der Waals surface area (Å²) in [5.74, 6) is -6.98. The largest absolute Gasteiger partial charge is 0.494 e. The smallest absolute Gasteiger partial charge is 0.339 e. The molecule has 0 unspecified atom stereocenters. The number of hydrogen-bond acceptors (Lipinski definition) is 6. The molecule has 262 valence electrons. The number of aliphatic hydroxyl groups is 1. The molecule has 0 aliphatic carbocycles. The van der Waals surface area contributed by atoms with Crippen molar-refractivity contribution in [2.45, 2.75) is 128 Å². The van der Waals surface area contributed by atoms with Gasteiger partial charge in [0.25, 0.3) is 0 Å². The molecule has 11 heteroatoms. The minimum atomic E-state index is -2.65. The van der Waals surface area contributed by atoms with Gasteiger partial charge in [0.1, 0.15) is 11.8 Å². The Kier molecular flexibility index (Phi) is 20.0. The summed E-state index contributed by atoms with van der Waals surface area (Å²) in [6.07, 6.45) is 11.9. The topological polar surface area (TPSA) is 148 Å². The average molecular weight is 655 g/mol. The van der Waals surface area contributed by atoms with E-state index >= 15 is 0 Å². The number of carbonyl (C=O) groups is 3. The van der Waals surface area contributed by atoms with Crippen molar-refractivity contribution in [3.8, 4) is 5.75 Å². The van der Waals surface area contributed by atoms with Gasteiger partial charge in [0.15, 0.2) is 5.60 Å². The second-order valence-corrected chi connectivity index (χ2v) is 12.1. The van der Waals surface area contributed by atoms with E-state index < -0.39 is 47.9 Å². The van der Waals surface area contributed by atoms with E-state index in [-0.39, 0.29) is 19.3 Å². The van der Waals surface area contributed by atoms with Gasteiger partial charge in [0, 0.05) is 26.4 Å². The van der Waals surface area contributed by atoms with Gasteiger partial charge in [0.2, 0.25) is 17.7 Å². The fourth-order valence-electron chi connectivity index (χ4n) is 5.09. The van der Waals surface area contributed by atoms with Crippen molar-refractivity contribution in [1.29, 1.82) is 0 Å². The molecular formula is C35H56F2N2O7. The number of aliphatic carboxylic acids is 1. The van der Waals surface area contributed by atoms with Crippen molar-refractivity contribution in [2.75, 3.05) is 20.3 Å². The van der Waals surface area contributed by atoms with Gasteiger partial charge >= 0.3 is 5.97 Å². The minimum Gasteiger partial charge on any atom is -0.494 e. The van der Waals surface area contributed by atoms with E-state index in [9.17, 15) is 33.4 Å². The number of amides is 2. The number of rotatable bonds is 27. The van der Waals surface area contributed by atoms with E-state index in [0.717, 1.165) is 38.5 Å². The Bertz CT molecular complexity index is 1050. The zero-order valence-corrected chi connectivity index (χ0v) is 27.9. The van der Waals surface area contributed by atoms with E-state index in [1.54, 1.807) is 30.3 Å². The number of nitrogens with one attached hydrogen (secondary N) is 1. The normalized spacial score (nSPS) is 14.5. The molecule has 0 saturated carbocycles. The van der Waals surface area contributed by atoms with Gasteiger partial charge in [-0.3, -0.25) is 9.59 Å². The van der Waals surface area contributed by atoms with Crippen LogP contribution in [0.2, 0.25) is 0 Å². The van der Waals surface area contributed by atoms with Crippen molar-refractivity contribution in [2.24, 2.45) is 11.7 Å². The zero-order valence-electron chi connectivity index (χ0n) is 27.9. The fraction of sp³-hybridized carbons (Fsp3) is 0.686. The summed E-state index contributed by atoms with van der Waals surface area (Å²) in [6, 6.07) is 5.81. The van der Waals surface area contributed by atoms with Crippen LogP contribution in [0.15, 0.2) is 36.4 Å². The van der Waals surface area contributed by atoms with Crippen LogP contribution in [-0.2, 0) is 25.5 Å². The van der Waals surface area contributed by atoms with Crippen LogP contribution in [0.4, 0.5) is 8.78 Å². The number of carbonyl (C=O) groups excluding carboxylic acids is 2. The summed E-state index contributed by atoms with van der Waals surface area (Å²) in [5.41, 5.74) is 3.65. The lowest BCUT2D eigenvalue weighted by Crippen LogP contribution is -2.57. The highest BCUT2D eigenvalue weighted by Crippen LogP contribution is 2.29. The Morgan fingerprint density at radius 2 is 1.52 bits per heavy atom. The molecule has 0 heterocycles. The highest BCUT2D eigenvalue weighted by atomic mass is 19.3. The van der Waals surface area contributed by atoms with Crippen LogP contribution in [0.25, 0.3) is 0 Å². The predicted octanol–water partition coefficient (Wildman–Crippen LogP) is 6.35. The summed E-state index contributed by atoms with van der Waals surface area (Å²) in [6.45, 7) is 4.05. The number of alkyl halides is 2. The Labute approximate surface area is 273 Å². The highest BCUT2D eigenvalue weighted by Gasteiger charge is 2.47. The third-order valence-electron chi connectivity index (χ3n) is 7.96. The summed E-state index contributed by atoms with van der Waals surface area (Å²) in [5, 5.41) is 23.3. The van der Waals surface area contributed by atoms with E-state index in [0.29, 0.717) is 56.4 Å². The molecule has 0 aliphatic rings. The predicted molar refractivity (Wildman–Crippen MR) is 175 cm³/mol. The number of methoxy groups -OCH3 is 1. The molecule has 1 aromatic rings. The van der Waals surface area contributed by atoms with Gasteiger partial charge in [-0.2, -0.15) is 0 Å². The number of nitrogens with two attached hydrogens (primary N) is 1. The van der Waals surface area contributed by atoms with Gasteiger partial charge in [-0.15, -0.1) is 0 Å². The minimum absolute atomic E-state index is 0.0421. The number of unbranched alkanes of at least 4 members (excludes halogenated alkanes) is 9. The molecule has 9 nitrogen and oxygen atoms in total. The molecule has 0 bridgehead atoms. The van der Waals surface area contributed by atoms with Crippen LogP contribution in [0.1, 0.15) is 109 Å². The molecule has 0 aromatic heterocycles. The number of benzene rings is 1. The third kappa shape index (κ3) is 16.0. The molecule has 2 amide bonds. The molecule has 1 rings (SSSR count). The Hall–Kier alpha value is -3.05. The molecule has 3 atom stereocenters. The lowest BCUT2D eigenvalue weighted by Gasteiger charge is -2.30. The molecule has 0 saturated heterocycles. The Morgan fingerprint density at radius 1 is 0.935 bits per heavy atom. The maximum Gasteiger partial charge on any atom is 0.339 e. The number of primary amides is 1. The maximum atomic E-state index is 14.1. The lowest BCUT2D eigenvalue weighted by atomic mass is 9.86. The van der Waals surface area contributed by atoms with Crippen LogP contribution in [0, 0.1) is 5.92 Å². The van der Waals surface area contributed by atoms with Crippen molar-refractivity contribution >= 4 is 17.8 Å². The quantitative estimate of drug-likeness (QED) is 0.0638. The zero-order chi connectivity index (χ0) is 34.4. The van der Waals surface area contributed by atoms with Crippen molar-refractivity contribution in [3.05, 3.63) is 42.0 Å². The van der Waals surface area contributed by atoms with Crippen LogP contribution < -0.4 is 15.8 Å². The van der Waals surface area contributed by atoms with Crippen LogP contribution in [0.3, 0.4) is 0 Å². The Balaban J connectivity index is 2.78. The van der Waals surface area contributed by atoms with Crippen LogP contribution in [0.5, 0.6) is 5.75 Å². The molecule has 1 aromatic carbocycles. The number of hydrogen-bond donors (Lipinski definition) is 4. The number of halogens is 2. The third-order valence-corrected chi connectivity index (χ3v) is 7.96. The second kappa shape index (κ2) is 22.5. The molecule has 46 heavy (non-hydrogen) atoms. The number of allylic oxidation sites excluding steroid dienone is 1. The van der Waals surface area contributed by atoms with Crippen LogP contribution in [-0.4, -0.2) is 65.9 Å². The first-order valence-electron chi connectivity index (χ1n) is 16.7. The first-order valence-corrected chi connectivity index (χ1v) is 16.7. The Morgan fingerprint density at radius 3 is 2.07 bits per heavy atom. The summed E-state index contributed by atoms with van der Waals surface area (Å²) >= 11 is 0. The van der Waals surface area contributed by atoms with Gasteiger partial charge in [-0.25, -0.2) is 13.6 Å². The van der Waals surface area contributed by atoms with E-state index in [1.165, 1.54) is 13.2 Å². The molecule has 0 fully saturated rings. The second-order valence-electron chi connectivity index (χ2n) is 12.1.